The van der Waals surface area contributed by atoms with E-state index in [1.807, 2.05) is 6.92 Å². The highest BCUT2D eigenvalue weighted by Gasteiger charge is 2.56. The predicted octanol–water partition coefficient (Wildman–Crippen LogP) is 2.89. The Morgan fingerprint density at radius 3 is 2.65 bits per heavy atom. The Kier molecular flexibility index (Phi) is 3.16. The van der Waals surface area contributed by atoms with Crippen molar-refractivity contribution in [3.63, 3.8) is 0 Å². The Morgan fingerprint density at radius 2 is 2.06 bits per heavy atom. The molecule has 0 aromatic carbocycles. The molecule has 2 aliphatic carbocycles. The quantitative estimate of drug-likeness (QED) is 0.690. The topological polar surface area (TPSA) is 40.5 Å². The number of fused-ring (bicyclic) bond motifs is 1. The number of hydrogen-bond acceptors (Lipinski definition) is 2. The molecule has 0 aliphatic heterocycles. The maximum absolute atomic E-state index is 11.2. The lowest BCUT2D eigenvalue weighted by Gasteiger charge is -2.57. The molecule has 1 fully saturated rings. The van der Waals surface area contributed by atoms with Gasteiger partial charge >= 0.3 is 0 Å². The van der Waals surface area contributed by atoms with Crippen LogP contribution in [0.4, 0.5) is 0 Å². The summed E-state index contributed by atoms with van der Waals surface area (Å²) in [5.74, 6) is 0.668. The van der Waals surface area contributed by atoms with Crippen LogP contribution in [0, 0.1) is 17.3 Å². The van der Waals surface area contributed by atoms with Crippen molar-refractivity contribution in [2.45, 2.75) is 65.1 Å². The molecular formula is C15H26O2. The van der Waals surface area contributed by atoms with Crippen LogP contribution in [0.3, 0.4) is 0 Å². The van der Waals surface area contributed by atoms with Gasteiger partial charge in [0.2, 0.25) is 0 Å². The van der Waals surface area contributed by atoms with Crippen molar-refractivity contribution in [2.24, 2.45) is 17.3 Å². The zero-order valence-corrected chi connectivity index (χ0v) is 11.5. The molecule has 0 aromatic rings. The van der Waals surface area contributed by atoms with Gasteiger partial charge in [-0.25, -0.2) is 0 Å². The van der Waals surface area contributed by atoms with Crippen LogP contribution in [0.5, 0.6) is 0 Å². The van der Waals surface area contributed by atoms with E-state index in [9.17, 15) is 10.2 Å². The monoisotopic (exact) mass is 238 g/mol. The zero-order valence-electron chi connectivity index (χ0n) is 11.5. The molecule has 0 heterocycles. The second-order valence-electron chi connectivity index (χ2n) is 6.63. The minimum Gasteiger partial charge on any atom is -0.389 e. The first kappa shape index (κ1) is 13.1. The van der Waals surface area contributed by atoms with Gasteiger partial charge in [0.05, 0.1) is 11.7 Å². The SMILES string of the molecule is CC1=C[C@@H]2CCCC(C)(C(C)C)[C@@]2(O)CC1O. The molecule has 2 heteroatoms. The van der Waals surface area contributed by atoms with Crippen molar-refractivity contribution in [1.82, 2.24) is 0 Å². The molecule has 4 atom stereocenters. The summed E-state index contributed by atoms with van der Waals surface area (Å²) in [6, 6.07) is 0. The van der Waals surface area contributed by atoms with Crippen molar-refractivity contribution >= 4 is 0 Å². The van der Waals surface area contributed by atoms with E-state index in [-0.39, 0.29) is 11.3 Å². The van der Waals surface area contributed by atoms with Gasteiger partial charge in [0.1, 0.15) is 0 Å². The molecule has 2 rings (SSSR count). The summed E-state index contributed by atoms with van der Waals surface area (Å²) < 4.78 is 0. The van der Waals surface area contributed by atoms with Crippen molar-refractivity contribution in [3.05, 3.63) is 11.6 Å². The average Bonchev–Trinajstić information content (AvgIpc) is 2.23. The van der Waals surface area contributed by atoms with E-state index in [1.54, 1.807) is 0 Å². The van der Waals surface area contributed by atoms with Crippen LogP contribution < -0.4 is 0 Å². The van der Waals surface area contributed by atoms with Gasteiger partial charge < -0.3 is 10.2 Å². The Hall–Kier alpha value is -0.340. The molecule has 0 aromatic heterocycles. The lowest BCUT2D eigenvalue weighted by atomic mass is 9.52. The van der Waals surface area contributed by atoms with Gasteiger partial charge in [-0.2, -0.15) is 0 Å². The molecular weight excluding hydrogens is 212 g/mol. The molecule has 0 amide bonds. The van der Waals surface area contributed by atoms with Gasteiger partial charge in [-0.3, -0.25) is 0 Å². The highest BCUT2D eigenvalue weighted by atomic mass is 16.3. The third-order valence-corrected chi connectivity index (χ3v) is 5.58. The molecule has 0 spiro atoms. The van der Waals surface area contributed by atoms with Crippen molar-refractivity contribution in [2.75, 3.05) is 0 Å². The maximum atomic E-state index is 11.2. The first-order valence-electron chi connectivity index (χ1n) is 6.90. The average molecular weight is 238 g/mol. The molecule has 1 saturated carbocycles. The molecule has 2 nitrogen and oxygen atoms in total. The van der Waals surface area contributed by atoms with Gasteiger partial charge in [-0.05, 0) is 36.7 Å². The van der Waals surface area contributed by atoms with Gasteiger partial charge in [0, 0.05) is 12.3 Å². The maximum Gasteiger partial charge on any atom is 0.0793 e. The van der Waals surface area contributed by atoms with E-state index in [2.05, 4.69) is 26.8 Å². The highest BCUT2D eigenvalue weighted by Crippen LogP contribution is 2.56. The van der Waals surface area contributed by atoms with Crippen LogP contribution in [-0.2, 0) is 0 Å². The standard InChI is InChI=1S/C15H26O2/c1-10(2)14(4)7-5-6-12-8-11(3)13(16)9-15(12,14)17/h8,10,12-13,16-17H,5-7,9H2,1-4H3/t12-,13?,14?,15+/m0/s1. The fraction of sp³-hybridized carbons (Fsp3) is 0.867. The third-order valence-electron chi connectivity index (χ3n) is 5.58. The summed E-state index contributed by atoms with van der Waals surface area (Å²) in [6.07, 6.45) is 5.47. The fourth-order valence-corrected chi connectivity index (χ4v) is 3.85. The summed E-state index contributed by atoms with van der Waals surface area (Å²) in [5.41, 5.74) is 0.236. The number of aliphatic hydroxyl groups is 2. The first-order chi connectivity index (χ1) is 7.81. The van der Waals surface area contributed by atoms with E-state index in [1.165, 1.54) is 6.42 Å². The van der Waals surface area contributed by atoms with E-state index in [4.69, 9.17) is 0 Å². The largest absolute Gasteiger partial charge is 0.389 e. The molecule has 17 heavy (non-hydrogen) atoms. The molecule has 0 saturated heterocycles. The van der Waals surface area contributed by atoms with E-state index >= 15 is 0 Å². The van der Waals surface area contributed by atoms with Crippen molar-refractivity contribution in [3.8, 4) is 0 Å². The second-order valence-corrected chi connectivity index (χ2v) is 6.63. The first-order valence-corrected chi connectivity index (χ1v) is 6.90. The normalized spacial score (nSPS) is 46.6. The predicted molar refractivity (Wildman–Crippen MR) is 69.6 cm³/mol. The fourth-order valence-electron chi connectivity index (χ4n) is 3.85. The van der Waals surface area contributed by atoms with Crippen LogP contribution >= 0.6 is 0 Å². The third kappa shape index (κ3) is 1.77. The molecule has 98 valence electrons. The summed E-state index contributed by atoms with van der Waals surface area (Å²) in [7, 11) is 0. The number of rotatable bonds is 1. The van der Waals surface area contributed by atoms with Gasteiger partial charge in [0.25, 0.3) is 0 Å². The number of hydrogen-bond donors (Lipinski definition) is 2. The van der Waals surface area contributed by atoms with E-state index < -0.39 is 11.7 Å². The van der Waals surface area contributed by atoms with Crippen LogP contribution in [0.2, 0.25) is 0 Å². The molecule has 2 aliphatic rings. The summed E-state index contributed by atoms with van der Waals surface area (Å²) >= 11 is 0. The van der Waals surface area contributed by atoms with Gasteiger partial charge in [0.15, 0.2) is 0 Å². The number of aliphatic hydroxyl groups excluding tert-OH is 1. The Morgan fingerprint density at radius 1 is 1.41 bits per heavy atom. The smallest absolute Gasteiger partial charge is 0.0793 e. The van der Waals surface area contributed by atoms with Crippen LogP contribution in [0.1, 0.15) is 53.4 Å². The lowest BCUT2D eigenvalue weighted by Crippen LogP contribution is -2.59. The summed E-state index contributed by atoms with van der Waals surface area (Å²) in [5, 5.41) is 21.2. The highest BCUT2D eigenvalue weighted by molar-refractivity contribution is 5.22. The molecule has 2 unspecified atom stereocenters. The van der Waals surface area contributed by atoms with Crippen LogP contribution in [0.25, 0.3) is 0 Å². The van der Waals surface area contributed by atoms with Gasteiger partial charge in [-0.15, -0.1) is 0 Å². The summed E-state index contributed by atoms with van der Waals surface area (Å²) in [6.45, 7) is 8.56. The minimum atomic E-state index is -0.724. The van der Waals surface area contributed by atoms with Crippen LogP contribution in [-0.4, -0.2) is 21.9 Å². The molecule has 2 N–H and O–H groups in total. The molecule has 0 bridgehead atoms. The van der Waals surface area contributed by atoms with Gasteiger partial charge in [-0.1, -0.05) is 33.3 Å². The summed E-state index contributed by atoms with van der Waals surface area (Å²) in [4.78, 5) is 0. The van der Waals surface area contributed by atoms with Crippen molar-refractivity contribution < 1.29 is 10.2 Å². The lowest BCUT2D eigenvalue weighted by molar-refractivity contribution is -0.174. The van der Waals surface area contributed by atoms with E-state index in [0.29, 0.717) is 12.3 Å². The molecule has 0 radical (unpaired) electrons. The Labute approximate surface area is 105 Å². The Bertz CT molecular complexity index is 334. The van der Waals surface area contributed by atoms with Crippen LogP contribution in [0.15, 0.2) is 11.6 Å². The minimum absolute atomic E-state index is 0.0753. The Balaban J connectivity index is 2.42. The van der Waals surface area contributed by atoms with E-state index in [0.717, 1.165) is 18.4 Å². The zero-order chi connectivity index (χ0) is 12.8. The second kappa shape index (κ2) is 4.10. The van der Waals surface area contributed by atoms with Crippen molar-refractivity contribution in [1.29, 1.82) is 0 Å².